The lowest BCUT2D eigenvalue weighted by Gasteiger charge is -2.29. The highest BCUT2D eigenvalue weighted by molar-refractivity contribution is 7.99. The van der Waals surface area contributed by atoms with Gasteiger partial charge in [0.05, 0.1) is 6.61 Å². The van der Waals surface area contributed by atoms with Crippen LogP contribution in [0.2, 0.25) is 0 Å². The van der Waals surface area contributed by atoms with Crippen molar-refractivity contribution >= 4 is 11.8 Å². The van der Waals surface area contributed by atoms with E-state index in [1.165, 1.54) is 38.6 Å². The van der Waals surface area contributed by atoms with E-state index in [1.54, 1.807) is 7.11 Å². The summed E-state index contributed by atoms with van der Waals surface area (Å²) in [5.74, 6) is 1.15. The molecule has 0 aromatic carbocycles. The van der Waals surface area contributed by atoms with Crippen molar-refractivity contribution in [2.24, 2.45) is 0 Å². The van der Waals surface area contributed by atoms with Crippen LogP contribution in [-0.4, -0.2) is 37.3 Å². The normalized spacial score (nSPS) is 26.8. The van der Waals surface area contributed by atoms with Gasteiger partial charge in [-0.3, -0.25) is 0 Å². The van der Waals surface area contributed by atoms with Crippen LogP contribution in [0.5, 0.6) is 0 Å². The monoisotopic (exact) mass is 231 g/mol. The van der Waals surface area contributed by atoms with Gasteiger partial charge in [0.25, 0.3) is 0 Å². The van der Waals surface area contributed by atoms with Gasteiger partial charge >= 0.3 is 0 Å². The molecule has 0 radical (unpaired) electrons. The van der Waals surface area contributed by atoms with E-state index in [1.807, 2.05) is 0 Å². The van der Waals surface area contributed by atoms with Crippen LogP contribution >= 0.6 is 11.8 Å². The molecule has 0 heterocycles. The zero-order valence-electron chi connectivity index (χ0n) is 10.1. The summed E-state index contributed by atoms with van der Waals surface area (Å²) in [5, 5.41) is 4.51. The molecule has 3 heteroatoms. The quantitative estimate of drug-likeness (QED) is 0.681. The Morgan fingerprint density at radius 2 is 2.27 bits per heavy atom. The van der Waals surface area contributed by atoms with Crippen molar-refractivity contribution < 1.29 is 4.74 Å². The molecule has 1 N–H and O–H groups in total. The predicted molar refractivity (Wildman–Crippen MR) is 68.7 cm³/mol. The average molecular weight is 231 g/mol. The summed E-state index contributed by atoms with van der Waals surface area (Å²) in [7, 11) is 1.78. The molecule has 0 amide bonds. The number of hydrogen-bond acceptors (Lipinski definition) is 3. The average Bonchev–Trinajstić information content (AvgIpc) is 2.27. The van der Waals surface area contributed by atoms with Crippen LogP contribution in [-0.2, 0) is 4.74 Å². The first-order chi connectivity index (χ1) is 7.36. The second kappa shape index (κ2) is 8.43. The number of methoxy groups -OCH3 is 1. The number of hydrogen-bond donors (Lipinski definition) is 1. The molecule has 0 aromatic rings. The molecule has 0 saturated heterocycles. The fourth-order valence-electron chi connectivity index (χ4n) is 2.13. The minimum absolute atomic E-state index is 0.777. The Hall–Kier alpha value is 0.270. The van der Waals surface area contributed by atoms with E-state index in [2.05, 4.69) is 24.0 Å². The largest absolute Gasteiger partial charge is 0.384 e. The van der Waals surface area contributed by atoms with Crippen LogP contribution in [0, 0.1) is 0 Å². The number of rotatable bonds is 7. The SMILES string of the molecule is CCCNC1CCCC(SCCOC)C1. The Morgan fingerprint density at radius 1 is 1.40 bits per heavy atom. The third kappa shape index (κ3) is 5.79. The van der Waals surface area contributed by atoms with E-state index in [9.17, 15) is 0 Å². The first kappa shape index (κ1) is 13.3. The fourth-order valence-corrected chi connectivity index (χ4v) is 3.43. The Kier molecular flexibility index (Phi) is 7.49. The molecule has 0 aromatic heterocycles. The van der Waals surface area contributed by atoms with Crippen LogP contribution in [0.1, 0.15) is 39.0 Å². The van der Waals surface area contributed by atoms with E-state index in [-0.39, 0.29) is 0 Å². The predicted octanol–water partition coefficient (Wildman–Crippen LogP) is 2.68. The molecule has 1 fully saturated rings. The van der Waals surface area contributed by atoms with Gasteiger partial charge in [-0.05, 0) is 32.2 Å². The summed E-state index contributed by atoms with van der Waals surface area (Å²) in [6.07, 6.45) is 6.78. The van der Waals surface area contributed by atoms with Crippen molar-refractivity contribution in [1.29, 1.82) is 0 Å². The molecule has 1 aliphatic rings. The van der Waals surface area contributed by atoms with E-state index < -0.39 is 0 Å². The van der Waals surface area contributed by atoms with Crippen LogP contribution in [0.25, 0.3) is 0 Å². The van der Waals surface area contributed by atoms with Gasteiger partial charge < -0.3 is 10.1 Å². The van der Waals surface area contributed by atoms with E-state index in [0.717, 1.165) is 23.7 Å². The molecule has 1 saturated carbocycles. The van der Waals surface area contributed by atoms with Gasteiger partial charge in [-0.15, -0.1) is 0 Å². The molecule has 0 spiro atoms. The first-order valence-corrected chi connectivity index (χ1v) is 7.25. The number of ether oxygens (including phenoxy) is 1. The minimum Gasteiger partial charge on any atom is -0.384 e. The van der Waals surface area contributed by atoms with Gasteiger partial charge in [0, 0.05) is 24.2 Å². The summed E-state index contributed by atoms with van der Waals surface area (Å²) >= 11 is 2.09. The Bertz CT molecular complexity index is 155. The Morgan fingerprint density at radius 3 is 3.00 bits per heavy atom. The molecule has 15 heavy (non-hydrogen) atoms. The third-order valence-corrected chi connectivity index (χ3v) is 4.25. The van der Waals surface area contributed by atoms with Crippen molar-refractivity contribution in [3.8, 4) is 0 Å². The standard InChI is InChI=1S/C12H25NOS/c1-3-7-13-11-5-4-6-12(10-11)15-9-8-14-2/h11-13H,3-10H2,1-2H3. The van der Waals surface area contributed by atoms with Crippen molar-refractivity contribution in [1.82, 2.24) is 5.32 Å². The highest BCUT2D eigenvalue weighted by atomic mass is 32.2. The molecular weight excluding hydrogens is 206 g/mol. The molecule has 2 nitrogen and oxygen atoms in total. The number of thioether (sulfide) groups is 1. The smallest absolute Gasteiger partial charge is 0.0553 e. The zero-order chi connectivity index (χ0) is 10.9. The molecule has 0 aliphatic heterocycles. The lowest BCUT2D eigenvalue weighted by atomic mass is 9.95. The maximum atomic E-state index is 5.09. The van der Waals surface area contributed by atoms with Crippen molar-refractivity contribution in [2.75, 3.05) is 26.0 Å². The zero-order valence-corrected chi connectivity index (χ0v) is 10.9. The highest BCUT2D eigenvalue weighted by Crippen LogP contribution is 2.28. The van der Waals surface area contributed by atoms with E-state index in [0.29, 0.717) is 0 Å². The molecule has 2 atom stereocenters. The van der Waals surface area contributed by atoms with Gasteiger partial charge in [-0.2, -0.15) is 11.8 Å². The molecule has 2 unspecified atom stereocenters. The van der Waals surface area contributed by atoms with Crippen LogP contribution < -0.4 is 5.32 Å². The maximum Gasteiger partial charge on any atom is 0.0553 e. The second-order valence-corrected chi connectivity index (χ2v) is 5.71. The molecular formula is C12H25NOS. The minimum atomic E-state index is 0.777. The first-order valence-electron chi connectivity index (χ1n) is 6.20. The van der Waals surface area contributed by atoms with Gasteiger partial charge in [-0.1, -0.05) is 13.3 Å². The van der Waals surface area contributed by atoms with E-state index in [4.69, 9.17) is 4.74 Å². The molecule has 0 bridgehead atoms. The van der Waals surface area contributed by atoms with Crippen molar-refractivity contribution in [3.63, 3.8) is 0 Å². The molecule has 1 rings (SSSR count). The lowest BCUT2D eigenvalue weighted by Crippen LogP contribution is -2.35. The molecule has 90 valence electrons. The maximum absolute atomic E-state index is 5.09. The lowest BCUT2D eigenvalue weighted by molar-refractivity contribution is 0.218. The van der Waals surface area contributed by atoms with Crippen LogP contribution in [0.4, 0.5) is 0 Å². The Balaban J connectivity index is 2.11. The van der Waals surface area contributed by atoms with Crippen LogP contribution in [0.3, 0.4) is 0 Å². The van der Waals surface area contributed by atoms with Gasteiger partial charge in [0.1, 0.15) is 0 Å². The van der Waals surface area contributed by atoms with Gasteiger partial charge in [0.15, 0.2) is 0 Å². The second-order valence-electron chi connectivity index (χ2n) is 4.30. The van der Waals surface area contributed by atoms with Gasteiger partial charge in [-0.25, -0.2) is 0 Å². The summed E-state index contributed by atoms with van der Waals surface area (Å²) < 4.78 is 5.09. The summed E-state index contributed by atoms with van der Waals surface area (Å²) in [6.45, 7) is 4.31. The topological polar surface area (TPSA) is 21.3 Å². The highest BCUT2D eigenvalue weighted by Gasteiger charge is 2.21. The van der Waals surface area contributed by atoms with Crippen molar-refractivity contribution in [2.45, 2.75) is 50.3 Å². The fraction of sp³-hybridized carbons (Fsp3) is 1.00. The Labute approximate surface area is 98.5 Å². The van der Waals surface area contributed by atoms with Crippen LogP contribution in [0.15, 0.2) is 0 Å². The molecule has 1 aliphatic carbocycles. The number of nitrogens with one attached hydrogen (secondary N) is 1. The van der Waals surface area contributed by atoms with Crippen molar-refractivity contribution in [3.05, 3.63) is 0 Å². The van der Waals surface area contributed by atoms with Gasteiger partial charge in [0.2, 0.25) is 0 Å². The summed E-state index contributed by atoms with van der Waals surface area (Å²) in [5.41, 5.74) is 0. The third-order valence-electron chi connectivity index (χ3n) is 2.95. The van der Waals surface area contributed by atoms with E-state index >= 15 is 0 Å². The summed E-state index contributed by atoms with van der Waals surface area (Å²) in [6, 6.07) is 0.777. The summed E-state index contributed by atoms with van der Waals surface area (Å²) in [4.78, 5) is 0.